The molecule has 204 valence electrons. The molecule has 0 aliphatic heterocycles. The van der Waals surface area contributed by atoms with Crippen molar-refractivity contribution in [2.75, 3.05) is 0 Å². The largest absolute Gasteiger partial charge is 4.00 e. The van der Waals surface area contributed by atoms with Gasteiger partial charge in [0.25, 0.3) is 0 Å². The first-order chi connectivity index (χ1) is 18.9. The van der Waals surface area contributed by atoms with Crippen molar-refractivity contribution < 1.29 is 26.2 Å². The molecular formula is C38H30Cl2SiZr. The molecule has 0 bridgehead atoms. The standard InChI is InChI=1S/2C13H9.2C6H5.2ClH.Si.Zr/c2*1-3-7-12-10(5-1)9-11-6-2-4-8-13(11)12;2*1-2-4-6-5-3-1;;;;/h2*1-9H;2*1-5H;2*1H;;/q4*-1;;;;+4. The summed E-state index contributed by atoms with van der Waals surface area (Å²) in [6.07, 6.45) is 0. The maximum absolute atomic E-state index is 2.89. The molecule has 0 atom stereocenters. The molecule has 0 unspecified atom stereocenters. The number of halogens is 2. The number of benzene rings is 6. The zero-order valence-electron chi connectivity index (χ0n) is 23.0. The van der Waals surface area contributed by atoms with Crippen LogP contribution < -0.4 is 0 Å². The number of fused-ring (bicyclic) bond motifs is 6. The second-order valence-corrected chi connectivity index (χ2v) is 8.79. The number of hydrogen-bond donors (Lipinski definition) is 0. The van der Waals surface area contributed by atoms with E-state index in [1.54, 1.807) is 0 Å². The fourth-order valence-corrected chi connectivity index (χ4v) is 4.49. The van der Waals surface area contributed by atoms with E-state index in [9.17, 15) is 0 Å². The molecule has 0 aliphatic rings. The molecule has 0 nitrogen and oxygen atoms in total. The van der Waals surface area contributed by atoms with Gasteiger partial charge < -0.3 is 0 Å². The minimum Gasteiger partial charge on any atom is -0.184 e. The first-order valence-electron chi connectivity index (χ1n) is 12.8. The molecule has 4 radical (unpaired) electrons. The Morgan fingerprint density at radius 3 is 0.762 bits per heavy atom. The van der Waals surface area contributed by atoms with Crippen molar-refractivity contribution in [2.45, 2.75) is 0 Å². The maximum Gasteiger partial charge on any atom is 4.00 e. The van der Waals surface area contributed by atoms with Crippen LogP contribution in [0.2, 0.25) is 0 Å². The Morgan fingerprint density at radius 2 is 0.571 bits per heavy atom. The van der Waals surface area contributed by atoms with E-state index in [1.165, 1.54) is 43.1 Å². The molecule has 8 aromatic carbocycles. The summed E-state index contributed by atoms with van der Waals surface area (Å²) < 4.78 is 0. The zero-order chi connectivity index (χ0) is 25.8. The van der Waals surface area contributed by atoms with E-state index in [0.29, 0.717) is 0 Å². The van der Waals surface area contributed by atoms with Crippen LogP contribution in [-0.2, 0) is 26.2 Å². The first-order valence-corrected chi connectivity index (χ1v) is 12.8. The molecule has 0 amide bonds. The Hall–Kier alpha value is -3.26. The van der Waals surface area contributed by atoms with E-state index in [0.717, 1.165) is 0 Å². The van der Waals surface area contributed by atoms with Crippen molar-refractivity contribution >= 4 is 78.9 Å². The normalized spacial score (nSPS) is 9.14. The van der Waals surface area contributed by atoms with Gasteiger partial charge in [-0.05, 0) is 0 Å². The molecule has 0 aliphatic carbocycles. The van der Waals surface area contributed by atoms with Gasteiger partial charge in [0, 0.05) is 11.0 Å². The zero-order valence-corrected chi connectivity index (χ0v) is 28.1. The van der Waals surface area contributed by atoms with Crippen molar-refractivity contribution in [3.63, 3.8) is 0 Å². The van der Waals surface area contributed by atoms with E-state index >= 15 is 0 Å². The molecule has 42 heavy (non-hydrogen) atoms. The Morgan fingerprint density at radius 1 is 0.333 bits per heavy atom. The van der Waals surface area contributed by atoms with Crippen LogP contribution in [0.5, 0.6) is 0 Å². The van der Waals surface area contributed by atoms with Crippen molar-refractivity contribution in [3.8, 4) is 0 Å². The maximum atomic E-state index is 2.89. The second-order valence-electron chi connectivity index (χ2n) is 8.79. The third kappa shape index (κ3) is 9.93. The fraction of sp³-hybridized carbons (Fsp3) is 0. The van der Waals surface area contributed by atoms with Crippen LogP contribution in [0.3, 0.4) is 0 Å². The Labute approximate surface area is 285 Å². The summed E-state index contributed by atoms with van der Waals surface area (Å²) in [5, 5.41) is 10.8. The minimum atomic E-state index is 0. The average molecular weight is 677 g/mol. The predicted octanol–water partition coefficient (Wildman–Crippen LogP) is 10.9. The summed E-state index contributed by atoms with van der Waals surface area (Å²) in [4.78, 5) is 0. The summed E-state index contributed by atoms with van der Waals surface area (Å²) in [5.74, 6) is 0. The summed E-state index contributed by atoms with van der Waals surface area (Å²) >= 11 is 0. The summed E-state index contributed by atoms with van der Waals surface area (Å²) in [6, 6.07) is 63.5. The molecular weight excluding hydrogens is 647 g/mol. The molecule has 0 saturated heterocycles. The van der Waals surface area contributed by atoms with Gasteiger partial charge in [-0.2, -0.15) is 72.8 Å². The molecule has 0 fully saturated rings. The van der Waals surface area contributed by atoms with E-state index in [4.69, 9.17) is 0 Å². The molecule has 8 rings (SSSR count). The van der Waals surface area contributed by atoms with Crippen molar-refractivity contribution in [1.29, 1.82) is 0 Å². The Kier molecular flexibility index (Phi) is 17.3. The summed E-state index contributed by atoms with van der Waals surface area (Å²) in [6.45, 7) is 0. The van der Waals surface area contributed by atoms with Crippen LogP contribution in [-0.4, -0.2) is 11.0 Å². The van der Waals surface area contributed by atoms with Crippen molar-refractivity contribution in [3.05, 3.63) is 182 Å². The SMILES string of the molecule is Cl.Cl.[Si].[Zr+4].[c-]1ccccc1.[c-]1ccccc1.c1ccc2c(c1)[cH-]c1ccccc12.c1ccc2c(c1)[cH-]c1ccccc12. The molecule has 0 saturated carbocycles. The van der Waals surface area contributed by atoms with Gasteiger partial charge in [-0.15, -0.1) is 104 Å². The van der Waals surface area contributed by atoms with Crippen LogP contribution in [0.15, 0.2) is 170 Å². The van der Waals surface area contributed by atoms with E-state index in [-0.39, 0.29) is 62.0 Å². The van der Waals surface area contributed by atoms with Gasteiger partial charge in [-0.25, -0.2) is 0 Å². The van der Waals surface area contributed by atoms with Crippen LogP contribution in [0.1, 0.15) is 0 Å². The minimum absolute atomic E-state index is 0. The third-order valence-corrected chi connectivity index (χ3v) is 6.26. The fourth-order valence-electron chi connectivity index (χ4n) is 4.49. The van der Waals surface area contributed by atoms with Gasteiger partial charge in [0.2, 0.25) is 0 Å². The number of rotatable bonds is 0. The van der Waals surface area contributed by atoms with Gasteiger partial charge in [0.1, 0.15) is 0 Å². The van der Waals surface area contributed by atoms with Gasteiger partial charge in [0.05, 0.1) is 0 Å². The number of hydrogen-bond acceptors (Lipinski definition) is 0. The van der Waals surface area contributed by atoms with Crippen LogP contribution >= 0.6 is 24.8 Å². The van der Waals surface area contributed by atoms with Crippen LogP contribution in [0.4, 0.5) is 0 Å². The van der Waals surface area contributed by atoms with Gasteiger partial charge in [0.15, 0.2) is 0 Å². The molecule has 4 heteroatoms. The van der Waals surface area contributed by atoms with Crippen molar-refractivity contribution in [2.24, 2.45) is 0 Å². The Balaban J connectivity index is 0.000000287. The monoisotopic (exact) mass is 674 g/mol. The van der Waals surface area contributed by atoms with Crippen molar-refractivity contribution in [1.82, 2.24) is 0 Å². The predicted molar refractivity (Wildman–Crippen MR) is 185 cm³/mol. The molecule has 8 aromatic rings. The smallest absolute Gasteiger partial charge is 0.184 e. The van der Waals surface area contributed by atoms with Crippen LogP contribution in [0, 0.1) is 12.1 Å². The van der Waals surface area contributed by atoms with Gasteiger partial charge >= 0.3 is 26.2 Å². The Bertz CT molecular complexity index is 1540. The second kappa shape index (κ2) is 19.8. The van der Waals surface area contributed by atoms with Gasteiger partial charge in [-0.3, -0.25) is 0 Å². The summed E-state index contributed by atoms with van der Waals surface area (Å²) in [7, 11) is 0. The third-order valence-electron chi connectivity index (χ3n) is 6.26. The van der Waals surface area contributed by atoms with Gasteiger partial charge in [-0.1, -0.05) is 72.8 Å². The average Bonchev–Trinajstić information content (AvgIpc) is 3.59. The van der Waals surface area contributed by atoms with E-state index in [1.807, 2.05) is 60.7 Å². The topological polar surface area (TPSA) is 0 Å². The first kappa shape index (κ1) is 36.8. The summed E-state index contributed by atoms with van der Waals surface area (Å²) in [5.41, 5.74) is 0. The molecule has 0 heterocycles. The van der Waals surface area contributed by atoms with Crippen LogP contribution in [0.25, 0.3) is 43.1 Å². The van der Waals surface area contributed by atoms with E-state index in [2.05, 4.69) is 121 Å². The molecule has 0 N–H and O–H groups in total. The quantitative estimate of drug-likeness (QED) is 0.111. The molecule has 0 aromatic heterocycles. The molecule has 0 spiro atoms. The van der Waals surface area contributed by atoms with E-state index < -0.39 is 0 Å².